The largest absolute Gasteiger partial charge is 0.545 e. The topological polar surface area (TPSA) is 43.4 Å². The van der Waals surface area contributed by atoms with E-state index in [4.69, 9.17) is 0 Å². The van der Waals surface area contributed by atoms with Gasteiger partial charge in [-0.05, 0) is 71.4 Å². The normalized spacial score (nSPS) is 31.7. The molecule has 0 N–H and O–H groups in total. The number of anilines is 1. The number of carbonyl (C=O) groups is 1. The molecule has 1 saturated carbocycles. The zero-order valence-corrected chi connectivity index (χ0v) is 16.6. The highest BCUT2D eigenvalue weighted by Gasteiger charge is 2.47. The standard InChI is InChI=1S/C26H27NO2/c28-26(29)18-13-22-19-10-5-4-9-17(19)15-27-24(16-7-2-1-3-8-16)21-12-6-11-20(21)23(14-18)25(22)27/h1-3,6-8,11,13-14,17,19-21,24H,4-5,9-10,12,15H2,(H,28,29)/p-1/t17-,19+,20+,21-,24-/m1/s1. The molecule has 0 aromatic heterocycles. The van der Waals surface area contributed by atoms with Crippen LogP contribution >= 0.6 is 0 Å². The van der Waals surface area contributed by atoms with E-state index in [9.17, 15) is 9.90 Å². The molecule has 1 fully saturated rings. The van der Waals surface area contributed by atoms with Gasteiger partial charge in [0.1, 0.15) is 0 Å². The van der Waals surface area contributed by atoms with Gasteiger partial charge in [0.25, 0.3) is 0 Å². The number of carbonyl (C=O) groups excluding carboxylic acids is 1. The number of fused-ring (bicyclic) bond motifs is 4. The summed E-state index contributed by atoms with van der Waals surface area (Å²) in [5.41, 5.74) is 5.58. The van der Waals surface area contributed by atoms with Crippen molar-refractivity contribution in [2.75, 3.05) is 11.4 Å². The number of carboxylic acid groups (broad SMARTS) is 1. The SMILES string of the molecule is O=C([O-])c1cc2c3c(c1)[C@H]1CCCC[C@@H]1CN3[C@H](c1ccccc1)[C@@H]1CC=C[C@H]21. The number of hydrogen-bond donors (Lipinski definition) is 0. The molecule has 0 saturated heterocycles. The van der Waals surface area contributed by atoms with Crippen LogP contribution in [-0.2, 0) is 0 Å². The first-order chi connectivity index (χ1) is 14.2. The minimum atomic E-state index is -1.04. The summed E-state index contributed by atoms with van der Waals surface area (Å²) >= 11 is 0. The maximum Gasteiger partial charge on any atom is 0.0715 e. The van der Waals surface area contributed by atoms with Crippen LogP contribution in [0.3, 0.4) is 0 Å². The molecular weight excluding hydrogens is 358 g/mol. The van der Waals surface area contributed by atoms with Crippen molar-refractivity contribution in [2.45, 2.75) is 50.0 Å². The summed E-state index contributed by atoms with van der Waals surface area (Å²) in [6, 6.07) is 15.2. The van der Waals surface area contributed by atoms with Crippen LogP contribution in [0.2, 0.25) is 0 Å². The van der Waals surface area contributed by atoms with Gasteiger partial charge in [0.15, 0.2) is 0 Å². The molecule has 29 heavy (non-hydrogen) atoms. The van der Waals surface area contributed by atoms with E-state index in [2.05, 4.69) is 47.4 Å². The third-order valence-electron chi connectivity index (χ3n) is 7.89. The number of allylic oxidation sites excluding steroid dienone is 2. The molecule has 2 aliphatic heterocycles. The average Bonchev–Trinajstić information content (AvgIpc) is 3.24. The fourth-order valence-electron chi connectivity index (χ4n) is 6.74. The van der Waals surface area contributed by atoms with Gasteiger partial charge in [-0.15, -0.1) is 0 Å². The summed E-state index contributed by atoms with van der Waals surface area (Å²) in [7, 11) is 0. The van der Waals surface area contributed by atoms with Crippen LogP contribution in [0, 0.1) is 11.8 Å². The zero-order chi connectivity index (χ0) is 19.5. The second-order valence-corrected chi connectivity index (χ2v) is 9.30. The summed E-state index contributed by atoms with van der Waals surface area (Å²) in [5.74, 6) is 0.835. The Balaban J connectivity index is 1.60. The molecular formula is C26H26NO2-. The summed E-state index contributed by atoms with van der Waals surface area (Å²) in [6.07, 6.45) is 10.6. The van der Waals surface area contributed by atoms with E-state index in [1.165, 1.54) is 48.1 Å². The lowest BCUT2D eigenvalue weighted by Crippen LogP contribution is -2.47. The maximum atomic E-state index is 11.8. The van der Waals surface area contributed by atoms with Crippen molar-refractivity contribution in [1.82, 2.24) is 0 Å². The molecule has 0 spiro atoms. The van der Waals surface area contributed by atoms with E-state index in [-0.39, 0.29) is 0 Å². The monoisotopic (exact) mass is 384 g/mol. The maximum absolute atomic E-state index is 11.8. The predicted molar refractivity (Wildman–Crippen MR) is 112 cm³/mol. The van der Waals surface area contributed by atoms with Crippen molar-refractivity contribution < 1.29 is 9.90 Å². The molecule has 2 aliphatic carbocycles. The number of benzene rings is 2. The first kappa shape index (κ1) is 17.3. The lowest BCUT2D eigenvalue weighted by atomic mass is 9.66. The Morgan fingerprint density at radius 1 is 1.03 bits per heavy atom. The average molecular weight is 384 g/mol. The van der Waals surface area contributed by atoms with E-state index in [1.54, 1.807) is 0 Å². The van der Waals surface area contributed by atoms with Crippen molar-refractivity contribution in [3.05, 3.63) is 76.9 Å². The molecule has 0 amide bonds. The lowest BCUT2D eigenvalue weighted by molar-refractivity contribution is -0.255. The van der Waals surface area contributed by atoms with E-state index in [0.29, 0.717) is 35.3 Å². The first-order valence-electron chi connectivity index (χ1n) is 11.1. The van der Waals surface area contributed by atoms with Crippen LogP contribution in [0.5, 0.6) is 0 Å². The third-order valence-corrected chi connectivity index (χ3v) is 7.89. The molecule has 2 heterocycles. The quantitative estimate of drug-likeness (QED) is 0.713. The summed E-state index contributed by atoms with van der Waals surface area (Å²) in [5, 5.41) is 11.8. The van der Waals surface area contributed by atoms with Crippen LogP contribution in [-0.4, -0.2) is 12.5 Å². The molecule has 148 valence electrons. The van der Waals surface area contributed by atoms with Gasteiger partial charge in [0.2, 0.25) is 0 Å². The van der Waals surface area contributed by atoms with E-state index in [1.807, 2.05) is 12.1 Å². The van der Waals surface area contributed by atoms with Crippen molar-refractivity contribution in [2.24, 2.45) is 11.8 Å². The second kappa shape index (κ2) is 6.48. The lowest BCUT2D eigenvalue weighted by Gasteiger charge is -2.53. The minimum absolute atomic E-state index is 0.296. The zero-order valence-electron chi connectivity index (χ0n) is 16.6. The van der Waals surface area contributed by atoms with Gasteiger partial charge in [-0.1, -0.05) is 55.3 Å². The van der Waals surface area contributed by atoms with Gasteiger partial charge in [-0.3, -0.25) is 0 Å². The number of carboxylic acids is 1. The molecule has 3 heteroatoms. The summed E-state index contributed by atoms with van der Waals surface area (Å²) in [6.45, 7) is 1.10. The third kappa shape index (κ3) is 2.52. The Morgan fingerprint density at radius 2 is 1.83 bits per heavy atom. The number of rotatable bonds is 2. The Hall–Kier alpha value is -2.55. The molecule has 3 nitrogen and oxygen atoms in total. The van der Waals surface area contributed by atoms with Gasteiger partial charge in [-0.25, -0.2) is 0 Å². The van der Waals surface area contributed by atoms with Crippen molar-refractivity contribution >= 4 is 11.7 Å². The van der Waals surface area contributed by atoms with E-state index >= 15 is 0 Å². The minimum Gasteiger partial charge on any atom is -0.545 e. The molecule has 0 unspecified atom stereocenters. The van der Waals surface area contributed by atoms with Crippen molar-refractivity contribution in [3.8, 4) is 0 Å². The summed E-state index contributed by atoms with van der Waals surface area (Å²) in [4.78, 5) is 14.5. The Kier molecular flexibility index (Phi) is 3.87. The first-order valence-corrected chi connectivity index (χ1v) is 11.1. The molecule has 2 aromatic carbocycles. The second-order valence-electron chi connectivity index (χ2n) is 9.30. The highest BCUT2D eigenvalue weighted by atomic mass is 16.4. The van der Waals surface area contributed by atoms with E-state index < -0.39 is 5.97 Å². The van der Waals surface area contributed by atoms with Crippen LogP contribution in [0.4, 0.5) is 5.69 Å². The number of nitrogens with zero attached hydrogens (tertiary/aromatic N) is 1. The molecule has 0 radical (unpaired) electrons. The Morgan fingerprint density at radius 3 is 2.66 bits per heavy atom. The van der Waals surface area contributed by atoms with Gasteiger partial charge >= 0.3 is 0 Å². The number of hydrogen-bond acceptors (Lipinski definition) is 3. The summed E-state index contributed by atoms with van der Waals surface area (Å²) < 4.78 is 0. The van der Waals surface area contributed by atoms with Crippen LogP contribution < -0.4 is 10.0 Å². The van der Waals surface area contributed by atoms with Crippen molar-refractivity contribution in [3.63, 3.8) is 0 Å². The van der Waals surface area contributed by atoms with Crippen molar-refractivity contribution in [1.29, 1.82) is 0 Å². The molecule has 5 atom stereocenters. The molecule has 0 bridgehead atoms. The number of aromatic carboxylic acids is 1. The fraction of sp³-hybridized carbons (Fsp3) is 0.423. The van der Waals surface area contributed by atoms with Crippen LogP contribution in [0.1, 0.15) is 77.0 Å². The molecule has 6 rings (SSSR count). The Bertz CT molecular complexity index is 995. The van der Waals surface area contributed by atoms with Gasteiger partial charge in [0, 0.05) is 18.2 Å². The van der Waals surface area contributed by atoms with Crippen LogP contribution in [0.25, 0.3) is 0 Å². The highest BCUT2D eigenvalue weighted by molar-refractivity contribution is 5.88. The Labute approximate surface area is 172 Å². The smallest absolute Gasteiger partial charge is 0.0715 e. The predicted octanol–water partition coefficient (Wildman–Crippen LogP) is 4.56. The highest BCUT2D eigenvalue weighted by Crippen LogP contribution is 2.59. The van der Waals surface area contributed by atoms with E-state index in [0.717, 1.165) is 13.0 Å². The van der Waals surface area contributed by atoms with Crippen LogP contribution in [0.15, 0.2) is 54.6 Å². The molecule has 2 aromatic rings. The van der Waals surface area contributed by atoms with Gasteiger partial charge in [-0.2, -0.15) is 0 Å². The fourth-order valence-corrected chi connectivity index (χ4v) is 6.74. The van der Waals surface area contributed by atoms with Gasteiger partial charge < -0.3 is 14.8 Å². The van der Waals surface area contributed by atoms with Gasteiger partial charge in [0.05, 0.1) is 12.0 Å². The molecule has 4 aliphatic rings.